The van der Waals surface area contributed by atoms with Crippen molar-refractivity contribution in [2.45, 2.75) is 38.1 Å². The minimum atomic E-state index is -0.101. The third-order valence-electron chi connectivity index (χ3n) is 2.57. The molecule has 2 atom stereocenters. The Morgan fingerprint density at radius 2 is 2.33 bits per heavy atom. The summed E-state index contributed by atoms with van der Waals surface area (Å²) in [5, 5.41) is 0. The molecular weight excluding hydrogens is 154 g/mol. The number of carbonyl (C=O) groups excluding carboxylic acids is 1. The van der Waals surface area contributed by atoms with Crippen LogP contribution in [0.5, 0.6) is 0 Å². The van der Waals surface area contributed by atoms with E-state index in [0.29, 0.717) is 18.4 Å². The van der Waals surface area contributed by atoms with Crippen LogP contribution in [-0.2, 0) is 9.53 Å². The molecule has 0 spiro atoms. The summed E-state index contributed by atoms with van der Waals surface area (Å²) >= 11 is 0. The van der Waals surface area contributed by atoms with Crippen LogP contribution in [0.15, 0.2) is 0 Å². The summed E-state index contributed by atoms with van der Waals surface area (Å²) in [5.74, 6) is 0.551. The van der Waals surface area contributed by atoms with Crippen LogP contribution in [0, 0.1) is 5.92 Å². The maximum Gasteiger partial charge on any atom is 0.305 e. The number of nitrogens with two attached hydrogens (primary N) is 1. The highest BCUT2D eigenvalue weighted by molar-refractivity contribution is 5.69. The zero-order valence-corrected chi connectivity index (χ0v) is 7.58. The maximum absolute atomic E-state index is 10.8. The van der Waals surface area contributed by atoms with Crippen molar-refractivity contribution >= 4 is 5.97 Å². The van der Waals surface area contributed by atoms with Crippen molar-refractivity contribution in [1.82, 2.24) is 0 Å². The molecule has 0 aromatic rings. The summed E-state index contributed by atoms with van der Waals surface area (Å²) in [4.78, 5) is 10.8. The average molecular weight is 171 g/mol. The first-order valence-electron chi connectivity index (χ1n) is 4.54. The van der Waals surface area contributed by atoms with E-state index in [1.54, 1.807) is 0 Å². The number of hydrogen-bond donors (Lipinski definition) is 1. The Morgan fingerprint density at radius 3 is 2.83 bits per heavy atom. The van der Waals surface area contributed by atoms with Gasteiger partial charge in [-0.2, -0.15) is 0 Å². The van der Waals surface area contributed by atoms with Crippen molar-refractivity contribution < 1.29 is 9.53 Å². The number of hydrogen-bond acceptors (Lipinski definition) is 3. The molecule has 1 rings (SSSR count). The van der Waals surface area contributed by atoms with E-state index in [-0.39, 0.29) is 5.97 Å². The van der Waals surface area contributed by atoms with Gasteiger partial charge in [-0.05, 0) is 31.6 Å². The lowest BCUT2D eigenvalue weighted by Crippen LogP contribution is -2.15. The Kier molecular flexibility index (Phi) is 3.53. The number of methoxy groups -OCH3 is 1. The lowest BCUT2D eigenvalue weighted by molar-refractivity contribution is -0.140. The molecule has 0 aromatic carbocycles. The van der Waals surface area contributed by atoms with Gasteiger partial charge in [0.15, 0.2) is 0 Å². The van der Waals surface area contributed by atoms with Gasteiger partial charge in [0.25, 0.3) is 0 Å². The molecule has 0 radical (unpaired) electrons. The molecule has 0 amide bonds. The predicted octanol–water partition coefficient (Wildman–Crippen LogP) is 1.07. The van der Waals surface area contributed by atoms with Gasteiger partial charge in [0.05, 0.1) is 7.11 Å². The third-order valence-corrected chi connectivity index (χ3v) is 2.57. The summed E-state index contributed by atoms with van der Waals surface area (Å²) < 4.78 is 4.57. The Balaban J connectivity index is 2.11. The topological polar surface area (TPSA) is 52.3 Å². The fourth-order valence-electron chi connectivity index (χ4n) is 1.80. The van der Waals surface area contributed by atoms with Gasteiger partial charge in [-0.1, -0.05) is 0 Å². The molecule has 0 saturated heterocycles. The van der Waals surface area contributed by atoms with E-state index < -0.39 is 0 Å². The minimum absolute atomic E-state index is 0.101. The highest BCUT2D eigenvalue weighted by Gasteiger charge is 2.21. The Bertz CT molecular complexity index is 159. The third kappa shape index (κ3) is 2.81. The number of esters is 1. The molecule has 2 unspecified atom stereocenters. The summed E-state index contributed by atoms with van der Waals surface area (Å²) in [6, 6.07) is 0.368. The van der Waals surface area contributed by atoms with Crippen LogP contribution in [0.25, 0.3) is 0 Å². The van der Waals surface area contributed by atoms with Gasteiger partial charge in [-0.3, -0.25) is 4.79 Å². The zero-order valence-electron chi connectivity index (χ0n) is 7.58. The quantitative estimate of drug-likeness (QED) is 0.646. The van der Waals surface area contributed by atoms with E-state index in [1.165, 1.54) is 13.5 Å². The summed E-state index contributed by atoms with van der Waals surface area (Å²) in [5.41, 5.74) is 5.75. The molecule has 3 nitrogen and oxygen atoms in total. The SMILES string of the molecule is COC(=O)CCC1CCC(N)C1. The lowest BCUT2D eigenvalue weighted by atomic mass is 10.0. The van der Waals surface area contributed by atoms with Crippen molar-refractivity contribution in [3.05, 3.63) is 0 Å². The number of carbonyl (C=O) groups is 1. The second-order valence-corrected chi connectivity index (χ2v) is 3.55. The maximum atomic E-state index is 10.8. The molecule has 0 bridgehead atoms. The molecule has 2 N–H and O–H groups in total. The lowest BCUT2D eigenvalue weighted by Gasteiger charge is -2.07. The van der Waals surface area contributed by atoms with E-state index in [4.69, 9.17) is 5.73 Å². The minimum Gasteiger partial charge on any atom is -0.469 e. The molecule has 1 saturated carbocycles. The average Bonchev–Trinajstić information content (AvgIpc) is 2.47. The zero-order chi connectivity index (χ0) is 8.97. The van der Waals surface area contributed by atoms with Gasteiger partial charge in [0.2, 0.25) is 0 Å². The summed E-state index contributed by atoms with van der Waals surface area (Å²) in [7, 11) is 1.43. The van der Waals surface area contributed by atoms with Crippen LogP contribution in [0.4, 0.5) is 0 Å². The molecular formula is C9H17NO2. The van der Waals surface area contributed by atoms with Gasteiger partial charge in [-0.15, -0.1) is 0 Å². The smallest absolute Gasteiger partial charge is 0.305 e. The van der Waals surface area contributed by atoms with Crippen molar-refractivity contribution in [3.63, 3.8) is 0 Å². The van der Waals surface area contributed by atoms with Crippen molar-refractivity contribution in [2.24, 2.45) is 11.7 Å². The van der Waals surface area contributed by atoms with Crippen LogP contribution in [0.3, 0.4) is 0 Å². The molecule has 1 aliphatic carbocycles. The first kappa shape index (κ1) is 9.52. The van der Waals surface area contributed by atoms with E-state index >= 15 is 0 Å². The molecule has 3 heteroatoms. The van der Waals surface area contributed by atoms with Gasteiger partial charge >= 0.3 is 5.97 Å². The van der Waals surface area contributed by atoms with Crippen molar-refractivity contribution in [3.8, 4) is 0 Å². The highest BCUT2D eigenvalue weighted by atomic mass is 16.5. The molecule has 70 valence electrons. The Labute approximate surface area is 73.3 Å². The van der Waals surface area contributed by atoms with E-state index in [0.717, 1.165) is 19.3 Å². The standard InChI is InChI=1S/C9H17NO2/c1-12-9(11)5-3-7-2-4-8(10)6-7/h7-8H,2-6,10H2,1H3. The van der Waals surface area contributed by atoms with Crippen molar-refractivity contribution in [1.29, 1.82) is 0 Å². The van der Waals surface area contributed by atoms with Crippen LogP contribution >= 0.6 is 0 Å². The molecule has 0 aliphatic heterocycles. The fourth-order valence-corrected chi connectivity index (χ4v) is 1.80. The highest BCUT2D eigenvalue weighted by Crippen LogP contribution is 2.27. The van der Waals surface area contributed by atoms with Crippen LogP contribution in [0.1, 0.15) is 32.1 Å². The van der Waals surface area contributed by atoms with Gasteiger partial charge < -0.3 is 10.5 Å². The Morgan fingerprint density at radius 1 is 1.58 bits per heavy atom. The van der Waals surface area contributed by atoms with E-state index in [2.05, 4.69) is 4.74 Å². The van der Waals surface area contributed by atoms with Crippen LogP contribution < -0.4 is 5.73 Å². The molecule has 0 aromatic heterocycles. The first-order chi connectivity index (χ1) is 5.72. The monoisotopic (exact) mass is 171 g/mol. The summed E-state index contributed by atoms with van der Waals surface area (Å²) in [6.07, 6.45) is 4.87. The first-order valence-corrected chi connectivity index (χ1v) is 4.54. The number of ether oxygens (including phenoxy) is 1. The van der Waals surface area contributed by atoms with Crippen molar-refractivity contribution in [2.75, 3.05) is 7.11 Å². The molecule has 12 heavy (non-hydrogen) atoms. The second-order valence-electron chi connectivity index (χ2n) is 3.55. The van der Waals surface area contributed by atoms with Gasteiger partial charge in [0.1, 0.15) is 0 Å². The van der Waals surface area contributed by atoms with E-state index in [9.17, 15) is 4.79 Å². The molecule has 1 fully saturated rings. The fraction of sp³-hybridized carbons (Fsp3) is 0.889. The largest absolute Gasteiger partial charge is 0.469 e. The Hall–Kier alpha value is -0.570. The predicted molar refractivity (Wildman–Crippen MR) is 46.6 cm³/mol. The van der Waals surface area contributed by atoms with E-state index in [1.807, 2.05) is 0 Å². The number of rotatable bonds is 3. The molecule has 0 heterocycles. The van der Waals surface area contributed by atoms with Gasteiger partial charge in [-0.25, -0.2) is 0 Å². The second kappa shape index (κ2) is 4.45. The van der Waals surface area contributed by atoms with Crippen LogP contribution in [-0.4, -0.2) is 19.1 Å². The van der Waals surface area contributed by atoms with Gasteiger partial charge in [0, 0.05) is 12.5 Å². The van der Waals surface area contributed by atoms with Crippen LogP contribution in [0.2, 0.25) is 0 Å². The normalized spacial score (nSPS) is 28.8. The summed E-state index contributed by atoms with van der Waals surface area (Å²) in [6.45, 7) is 0. The molecule has 1 aliphatic rings.